The van der Waals surface area contributed by atoms with E-state index in [9.17, 15) is 18.3 Å². The molecule has 0 saturated carbocycles. The van der Waals surface area contributed by atoms with Crippen molar-refractivity contribution in [2.24, 2.45) is 0 Å². The molecule has 0 aromatic heterocycles. The molecule has 2 rings (SSSR count). The Balaban J connectivity index is 2.19. The molecule has 1 heterocycles. The fraction of sp³-hybridized carbons (Fsp3) is 0.538. The van der Waals surface area contributed by atoms with Crippen molar-refractivity contribution in [1.82, 2.24) is 4.90 Å². The fourth-order valence-corrected chi connectivity index (χ4v) is 2.45. The highest BCUT2D eigenvalue weighted by atomic mass is 19.4. The molecule has 0 N–H and O–H groups in total. The number of halogens is 3. The average molecular weight is 258 g/mol. The van der Waals surface area contributed by atoms with Crippen molar-refractivity contribution in [2.75, 3.05) is 6.54 Å². The van der Waals surface area contributed by atoms with Gasteiger partial charge in [-0.3, -0.25) is 0 Å². The first-order chi connectivity index (χ1) is 8.50. The summed E-state index contributed by atoms with van der Waals surface area (Å²) in [6, 6.07) is 7.32. The smallest absolute Gasteiger partial charge is 0.226 e. The van der Waals surface area contributed by atoms with Crippen molar-refractivity contribution in [1.29, 1.82) is 0 Å². The molecule has 2 unspecified atom stereocenters. The van der Waals surface area contributed by atoms with Gasteiger partial charge in [0.05, 0.1) is 6.04 Å². The summed E-state index contributed by atoms with van der Waals surface area (Å²) in [5.41, 5.74) is 0.429. The van der Waals surface area contributed by atoms with Crippen LogP contribution in [-0.2, 0) is 5.11 Å². The summed E-state index contributed by atoms with van der Waals surface area (Å²) in [5, 5.41) is 12.2. The fourth-order valence-electron chi connectivity index (χ4n) is 2.45. The first kappa shape index (κ1) is 13.4. The van der Waals surface area contributed by atoms with E-state index >= 15 is 0 Å². The van der Waals surface area contributed by atoms with Crippen LogP contribution < -0.4 is 0 Å². The van der Waals surface area contributed by atoms with Crippen molar-refractivity contribution < 1.29 is 18.3 Å². The van der Waals surface area contributed by atoms with E-state index in [1.165, 1.54) is 0 Å². The molecule has 0 amide bonds. The summed E-state index contributed by atoms with van der Waals surface area (Å²) in [4.78, 5) is 0.404. The SMILES string of the molecule is [O]C(c1ccccc1)C1CCCCN1C(F)(F)F. The number of likely N-dealkylation sites (tertiary alicyclic amines) is 1. The molecule has 0 spiro atoms. The maximum atomic E-state index is 12.9. The van der Waals surface area contributed by atoms with Gasteiger partial charge in [0, 0.05) is 6.54 Å². The Bertz CT molecular complexity index is 380. The minimum Gasteiger partial charge on any atom is -0.226 e. The van der Waals surface area contributed by atoms with Gasteiger partial charge in [-0.25, -0.2) is 10.0 Å². The van der Waals surface area contributed by atoms with Gasteiger partial charge in [0.2, 0.25) is 0 Å². The minimum atomic E-state index is -4.41. The predicted molar refractivity (Wildman–Crippen MR) is 60.3 cm³/mol. The molecule has 1 fully saturated rings. The zero-order chi connectivity index (χ0) is 13.2. The third kappa shape index (κ3) is 2.84. The Kier molecular flexibility index (Phi) is 3.92. The van der Waals surface area contributed by atoms with E-state index in [-0.39, 0.29) is 6.54 Å². The largest absolute Gasteiger partial charge is 0.460 e. The van der Waals surface area contributed by atoms with E-state index in [1.807, 2.05) is 0 Å². The van der Waals surface area contributed by atoms with Gasteiger partial charge in [-0.15, -0.1) is 0 Å². The Morgan fingerprint density at radius 1 is 1.17 bits per heavy atom. The standard InChI is InChI=1S/C13H15F3NO/c14-13(15,16)17-9-5-4-8-11(17)12(18)10-6-2-1-3-7-10/h1-3,6-7,11-12H,4-5,8-9H2. The zero-order valence-electron chi connectivity index (χ0n) is 9.86. The molecule has 1 aromatic rings. The highest BCUT2D eigenvalue weighted by Gasteiger charge is 2.45. The normalized spacial score (nSPS) is 23.9. The molecule has 1 aromatic carbocycles. The summed E-state index contributed by atoms with van der Waals surface area (Å²) in [6.07, 6.45) is -4.26. The van der Waals surface area contributed by atoms with Crippen LogP contribution in [0.15, 0.2) is 30.3 Å². The molecule has 1 radical (unpaired) electrons. The van der Waals surface area contributed by atoms with Gasteiger partial charge in [-0.05, 0) is 18.4 Å². The van der Waals surface area contributed by atoms with Crippen LogP contribution in [0.25, 0.3) is 0 Å². The maximum Gasteiger partial charge on any atom is 0.460 e. The summed E-state index contributed by atoms with van der Waals surface area (Å²) >= 11 is 0. The lowest BCUT2D eigenvalue weighted by atomic mass is 9.93. The van der Waals surface area contributed by atoms with Gasteiger partial charge < -0.3 is 0 Å². The van der Waals surface area contributed by atoms with E-state index < -0.39 is 18.4 Å². The van der Waals surface area contributed by atoms with E-state index in [0.717, 1.165) is 0 Å². The Morgan fingerprint density at radius 3 is 2.44 bits per heavy atom. The van der Waals surface area contributed by atoms with Gasteiger partial charge in [0.25, 0.3) is 0 Å². The van der Waals surface area contributed by atoms with Crippen LogP contribution in [0.5, 0.6) is 0 Å². The van der Waals surface area contributed by atoms with Crippen molar-refractivity contribution in [3.05, 3.63) is 35.9 Å². The molecule has 1 saturated heterocycles. The van der Waals surface area contributed by atoms with Crippen LogP contribution in [0.2, 0.25) is 0 Å². The van der Waals surface area contributed by atoms with Crippen molar-refractivity contribution in [2.45, 2.75) is 37.7 Å². The lowest BCUT2D eigenvalue weighted by molar-refractivity contribution is -0.275. The number of alkyl halides is 3. The van der Waals surface area contributed by atoms with Crippen molar-refractivity contribution in [3.8, 4) is 0 Å². The minimum absolute atomic E-state index is 0.0697. The zero-order valence-corrected chi connectivity index (χ0v) is 9.86. The van der Waals surface area contributed by atoms with E-state index in [4.69, 9.17) is 0 Å². The van der Waals surface area contributed by atoms with Gasteiger partial charge >= 0.3 is 6.30 Å². The molecule has 2 nitrogen and oxygen atoms in total. The van der Waals surface area contributed by atoms with E-state index in [0.29, 0.717) is 29.7 Å². The molecule has 99 valence electrons. The predicted octanol–water partition coefficient (Wildman–Crippen LogP) is 3.53. The highest BCUT2D eigenvalue weighted by Crippen LogP contribution is 2.35. The summed E-state index contributed by atoms with van der Waals surface area (Å²) in [5.74, 6) is 0. The molecule has 2 atom stereocenters. The number of nitrogens with zero attached hydrogens (tertiary/aromatic N) is 1. The van der Waals surface area contributed by atoms with E-state index in [1.54, 1.807) is 30.3 Å². The second-order valence-corrected chi connectivity index (χ2v) is 4.56. The molecule has 0 bridgehead atoms. The summed E-state index contributed by atoms with van der Waals surface area (Å²) in [6.45, 7) is -0.0697. The molecule has 1 aliphatic heterocycles. The number of hydrogen-bond donors (Lipinski definition) is 0. The third-order valence-electron chi connectivity index (χ3n) is 3.35. The van der Waals surface area contributed by atoms with Crippen LogP contribution in [0.3, 0.4) is 0 Å². The molecular formula is C13H15F3NO. The van der Waals surface area contributed by atoms with Gasteiger partial charge in [-0.2, -0.15) is 13.2 Å². The molecule has 18 heavy (non-hydrogen) atoms. The number of rotatable bonds is 2. The van der Waals surface area contributed by atoms with Crippen molar-refractivity contribution in [3.63, 3.8) is 0 Å². The molecule has 1 aliphatic rings. The second kappa shape index (κ2) is 5.28. The lowest BCUT2D eigenvalue weighted by Gasteiger charge is -2.38. The number of benzene rings is 1. The second-order valence-electron chi connectivity index (χ2n) is 4.56. The van der Waals surface area contributed by atoms with E-state index in [2.05, 4.69) is 0 Å². The Morgan fingerprint density at radius 2 is 1.83 bits per heavy atom. The lowest BCUT2D eigenvalue weighted by Crippen LogP contribution is -2.50. The van der Waals surface area contributed by atoms with Crippen LogP contribution >= 0.6 is 0 Å². The average Bonchev–Trinajstić information content (AvgIpc) is 2.38. The van der Waals surface area contributed by atoms with Crippen molar-refractivity contribution >= 4 is 0 Å². The van der Waals surface area contributed by atoms with Gasteiger partial charge in [-0.1, -0.05) is 36.8 Å². The van der Waals surface area contributed by atoms with Crippen LogP contribution in [0.4, 0.5) is 13.2 Å². The third-order valence-corrected chi connectivity index (χ3v) is 3.35. The molecule has 5 heteroatoms. The number of hydrogen-bond acceptors (Lipinski definition) is 1. The van der Waals surface area contributed by atoms with Gasteiger partial charge in [0.15, 0.2) is 0 Å². The summed E-state index contributed by atoms with van der Waals surface area (Å²) in [7, 11) is 0. The first-order valence-electron chi connectivity index (χ1n) is 6.04. The number of piperidine rings is 1. The van der Waals surface area contributed by atoms with Crippen LogP contribution in [0.1, 0.15) is 30.9 Å². The monoisotopic (exact) mass is 258 g/mol. The topological polar surface area (TPSA) is 23.1 Å². The van der Waals surface area contributed by atoms with Gasteiger partial charge in [0.1, 0.15) is 6.10 Å². The Labute approximate surface area is 104 Å². The summed E-state index contributed by atoms with van der Waals surface area (Å²) < 4.78 is 38.6. The first-order valence-corrected chi connectivity index (χ1v) is 6.04. The molecule has 0 aliphatic carbocycles. The Hall–Kier alpha value is -1.07. The quantitative estimate of drug-likeness (QED) is 0.744. The maximum absolute atomic E-state index is 12.9. The molecular weight excluding hydrogens is 243 g/mol. The van der Waals surface area contributed by atoms with Crippen LogP contribution in [0, 0.1) is 0 Å². The van der Waals surface area contributed by atoms with Crippen LogP contribution in [-0.4, -0.2) is 23.8 Å². The highest BCUT2D eigenvalue weighted by molar-refractivity contribution is 5.19.